The summed E-state index contributed by atoms with van der Waals surface area (Å²) in [4.78, 5) is 18.5. The average molecular weight is 293 g/mol. The number of nitrogens with zero attached hydrogens (tertiary/aromatic N) is 2. The van der Waals surface area contributed by atoms with Crippen molar-refractivity contribution < 1.29 is 9.90 Å². The molecule has 106 valence electrons. The molecule has 1 aliphatic heterocycles. The fourth-order valence-electron chi connectivity index (χ4n) is 4.50. The van der Waals surface area contributed by atoms with Gasteiger partial charge in [-0.15, -0.1) is 0 Å². The second kappa shape index (κ2) is 4.43. The Morgan fingerprint density at radius 2 is 2.30 bits per heavy atom. The van der Waals surface area contributed by atoms with E-state index in [0.29, 0.717) is 22.8 Å². The van der Waals surface area contributed by atoms with Gasteiger partial charge in [0.2, 0.25) is 5.91 Å². The summed E-state index contributed by atoms with van der Waals surface area (Å²) in [5, 5.41) is 10.9. The predicted octanol–water partition coefficient (Wildman–Crippen LogP) is 1.51. The van der Waals surface area contributed by atoms with Gasteiger partial charge in [-0.2, -0.15) is 0 Å². The normalized spacial score (nSPS) is 37.7. The van der Waals surface area contributed by atoms with Gasteiger partial charge in [0, 0.05) is 24.0 Å². The molecule has 3 fully saturated rings. The van der Waals surface area contributed by atoms with Gasteiger partial charge in [-0.05, 0) is 42.2 Å². The molecule has 1 aromatic rings. The summed E-state index contributed by atoms with van der Waals surface area (Å²) in [6.07, 6.45) is 5.40. The molecule has 2 bridgehead atoms. The molecule has 4 rings (SSSR count). The lowest BCUT2D eigenvalue weighted by Crippen LogP contribution is -2.44. The smallest absolute Gasteiger partial charge is 0.227 e. The minimum atomic E-state index is -0.327. The van der Waals surface area contributed by atoms with Crippen molar-refractivity contribution in [2.45, 2.75) is 31.4 Å². The van der Waals surface area contributed by atoms with E-state index in [2.05, 4.69) is 4.98 Å². The summed E-state index contributed by atoms with van der Waals surface area (Å²) in [6.45, 7) is 0.805. The van der Waals surface area contributed by atoms with E-state index in [9.17, 15) is 9.90 Å². The molecule has 1 amide bonds. The predicted molar refractivity (Wildman–Crippen MR) is 74.2 cm³/mol. The van der Waals surface area contributed by atoms with Crippen LogP contribution in [0.3, 0.4) is 0 Å². The van der Waals surface area contributed by atoms with Crippen LogP contribution < -0.4 is 0 Å². The van der Waals surface area contributed by atoms with Crippen LogP contribution in [0.15, 0.2) is 18.5 Å². The van der Waals surface area contributed by atoms with E-state index in [1.54, 1.807) is 18.5 Å². The van der Waals surface area contributed by atoms with Crippen LogP contribution in [0, 0.1) is 17.8 Å². The summed E-state index contributed by atoms with van der Waals surface area (Å²) in [5.74, 6) is 1.60. The Bertz CT molecular complexity index is 563. The number of carbonyl (C=O) groups is 1. The number of fused-ring (bicyclic) bond motifs is 1. The average Bonchev–Trinajstić information content (AvgIpc) is 3.02. The van der Waals surface area contributed by atoms with E-state index >= 15 is 0 Å². The molecule has 4 nitrogen and oxygen atoms in total. The van der Waals surface area contributed by atoms with Gasteiger partial charge in [0.05, 0.1) is 18.6 Å². The Morgan fingerprint density at radius 3 is 3.05 bits per heavy atom. The molecule has 1 aromatic heterocycles. The summed E-state index contributed by atoms with van der Waals surface area (Å²) in [5.41, 5.74) is 0.766. The first-order valence-electron chi connectivity index (χ1n) is 7.21. The summed E-state index contributed by atoms with van der Waals surface area (Å²) in [7, 11) is 0. The van der Waals surface area contributed by atoms with Crippen LogP contribution in [0.4, 0.5) is 0 Å². The molecular formula is C15H17ClN2O2. The van der Waals surface area contributed by atoms with Gasteiger partial charge in [0.1, 0.15) is 0 Å². The maximum Gasteiger partial charge on any atom is 0.227 e. The molecule has 2 aliphatic carbocycles. The zero-order valence-corrected chi connectivity index (χ0v) is 11.8. The van der Waals surface area contributed by atoms with Crippen LogP contribution in [0.5, 0.6) is 0 Å². The Kier molecular flexibility index (Phi) is 2.79. The van der Waals surface area contributed by atoms with Crippen LogP contribution in [0.25, 0.3) is 0 Å². The number of hydrogen-bond donors (Lipinski definition) is 1. The number of rotatable bonds is 2. The highest BCUT2D eigenvalue weighted by Gasteiger charge is 2.59. The number of likely N-dealkylation sites (tertiary alicyclic amines) is 1. The minimum Gasteiger partial charge on any atom is -0.391 e. The first-order valence-corrected chi connectivity index (χ1v) is 7.59. The minimum absolute atomic E-state index is 0.0432. The van der Waals surface area contributed by atoms with Gasteiger partial charge in [0.25, 0.3) is 0 Å². The monoisotopic (exact) mass is 292 g/mol. The van der Waals surface area contributed by atoms with Crippen molar-refractivity contribution >= 4 is 17.5 Å². The summed E-state index contributed by atoms with van der Waals surface area (Å²) < 4.78 is 0. The van der Waals surface area contributed by atoms with Gasteiger partial charge in [-0.3, -0.25) is 9.78 Å². The first kappa shape index (κ1) is 12.6. The maximum atomic E-state index is 12.5. The number of aromatic nitrogens is 1. The molecule has 1 saturated heterocycles. The largest absolute Gasteiger partial charge is 0.391 e. The Morgan fingerprint density at radius 1 is 1.45 bits per heavy atom. The number of hydrogen-bond acceptors (Lipinski definition) is 3. The molecular weight excluding hydrogens is 276 g/mol. The van der Waals surface area contributed by atoms with E-state index < -0.39 is 0 Å². The van der Waals surface area contributed by atoms with E-state index in [0.717, 1.165) is 24.9 Å². The van der Waals surface area contributed by atoms with Crippen molar-refractivity contribution in [3.63, 3.8) is 0 Å². The number of halogens is 1. The van der Waals surface area contributed by atoms with Gasteiger partial charge in [-0.25, -0.2) is 0 Å². The molecule has 5 heteroatoms. The number of amides is 1. The second-order valence-electron chi connectivity index (χ2n) is 6.33. The zero-order chi connectivity index (χ0) is 13.9. The van der Waals surface area contributed by atoms with Crippen molar-refractivity contribution in [2.75, 3.05) is 6.54 Å². The number of pyridine rings is 1. The van der Waals surface area contributed by atoms with E-state index in [-0.39, 0.29) is 24.5 Å². The SMILES string of the molecule is O=C(Cc1cnccc1Cl)N1CC2CC3CC2C1C3O. The lowest BCUT2D eigenvalue weighted by Gasteiger charge is -2.29. The lowest BCUT2D eigenvalue weighted by molar-refractivity contribution is -0.133. The molecule has 2 saturated carbocycles. The number of aliphatic hydroxyl groups excluding tert-OH is 1. The Hall–Kier alpha value is -1.13. The Labute approximate surface area is 122 Å². The van der Waals surface area contributed by atoms with Crippen LogP contribution in [-0.4, -0.2) is 39.6 Å². The molecule has 0 spiro atoms. The third-order valence-corrected chi connectivity index (χ3v) is 5.72. The first-order chi connectivity index (χ1) is 9.65. The lowest BCUT2D eigenvalue weighted by atomic mass is 9.88. The van der Waals surface area contributed by atoms with Crippen molar-refractivity contribution in [3.05, 3.63) is 29.0 Å². The standard InChI is InChI=1S/C15H17ClN2O2/c16-12-1-2-17-6-9(12)5-13(19)18-7-10-3-8-4-11(10)14(18)15(8)20/h1-2,6,8,10-11,14-15,20H,3-5,7H2. The van der Waals surface area contributed by atoms with E-state index in [1.807, 2.05) is 4.90 Å². The van der Waals surface area contributed by atoms with Crippen molar-refractivity contribution in [2.24, 2.45) is 17.8 Å². The molecule has 1 N–H and O–H groups in total. The summed E-state index contributed by atoms with van der Waals surface area (Å²) >= 11 is 6.09. The van der Waals surface area contributed by atoms with Gasteiger partial charge >= 0.3 is 0 Å². The van der Waals surface area contributed by atoms with E-state index in [1.165, 1.54) is 0 Å². The number of carbonyl (C=O) groups excluding carboxylic acids is 1. The second-order valence-corrected chi connectivity index (χ2v) is 6.73. The third kappa shape index (κ3) is 1.71. The Balaban J connectivity index is 1.54. The molecule has 5 unspecified atom stereocenters. The van der Waals surface area contributed by atoms with Gasteiger partial charge < -0.3 is 10.0 Å². The van der Waals surface area contributed by atoms with Crippen LogP contribution in [0.1, 0.15) is 18.4 Å². The van der Waals surface area contributed by atoms with Crippen LogP contribution >= 0.6 is 11.6 Å². The molecule has 20 heavy (non-hydrogen) atoms. The highest BCUT2D eigenvalue weighted by atomic mass is 35.5. The fourth-order valence-corrected chi connectivity index (χ4v) is 4.68. The molecule has 5 atom stereocenters. The zero-order valence-electron chi connectivity index (χ0n) is 11.1. The topological polar surface area (TPSA) is 53.4 Å². The number of aliphatic hydroxyl groups is 1. The van der Waals surface area contributed by atoms with Crippen LogP contribution in [0.2, 0.25) is 5.02 Å². The highest BCUT2D eigenvalue weighted by molar-refractivity contribution is 6.31. The molecule has 0 aromatic carbocycles. The summed E-state index contributed by atoms with van der Waals surface area (Å²) in [6, 6.07) is 1.75. The van der Waals surface area contributed by atoms with Crippen molar-refractivity contribution in [1.29, 1.82) is 0 Å². The third-order valence-electron chi connectivity index (χ3n) is 5.35. The molecule has 2 heterocycles. The fraction of sp³-hybridized carbons (Fsp3) is 0.600. The van der Waals surface area contributed by atoms with Crippen molar-refractivity contribution in [3.8, 4) is 0 Å². The van der Waals surface area contributed by atoms with Crippen LogP contribution in [-0.2, 0) is 11.2 Å². The van der Waals surface area contributed by atoms with Gasteiger partial charge in [0.15, 0.2) is 0 Å². The van der Waals surface area contributed by atoms with Gasteiger partial charge in [-0.1, -0.05) is 11.6 Å². The van der Waals surface area contributed by atoms with Crippen molar-refractivity contribution in [1.82, 2.24) is 9.88 Å². The molecule has 0 radical (unpaired) electrons. The maximum absolute atomic E-state index is 12.5. The highest BCUT2D eigenvalue weighted by Crippen LogP contribution is 2.54. The molecule has 3 aliphatic rings. The van der Waals surface area contributed by atoms with E-state index in [4.69, 9.17) is 11.6 Å². The quantitative estimate of drug-likeness (QED) is 0.899.